The van der Waals surface area contributed by atoms with Crippen LogP contribution in [0.5, 0.6) is 0 Å². The molecule has 0 saturated carbocycles. The molecule has 0 aromatic rings. The van der Waals surface area contributed by atoms with Crippen molar-refractivity contribution in [2.24, 2.45) is 5.92 Å². The molecule has 624 valence electrons. The van der Waals surface area contributed by atoms with Crippen LogP contribution in [0.25, 0.3) is 0 Å². The number of carbonyl (C=O) groups excluding carboxylic acids is 4. The zero-order valence-corrected chi connectivity index (χ0v) is 70.7. The average molecular weight is 1540 g/mol. The fraction of sp³-hybridized carbons (Fsp3) is 0.953. The van der Waals surface area contributed by atoms with Gasteiger partial charge in [-0.1, -0.05) is 413 Å². The Bertz CT molecular complexity index is 2000. The standard InChI is InChI=1S/C86H168O17P2/c1-6-9-12-15-18-21-24-27-29-31-32-36-40-45-50-55-60-65-70-84(89)97-76-82(103-86(91)72-67-62-57-52-47-42-37-33-34-39-43-48-53-58-63-68-79(4)5)78-101-105(94,95)99-74-80(87)73-98-104(92,93)100-77-81(75-96-83(88)69-64-59-54-49-44-38-26-23-20-17-14-11-8-3)102-85(90)71-66-61-56-51-46-41-35-30-28-25-22-19-16-13-10-7-2/h79-82,87H,6-78H2,1-5H3,(H,92,93)(H,94,95)/t80-,81+,82+/m0/s1. The van der Waals surface area contributed by atoms with E-state index in [1.54, 1.807) is 0 Å². The van der Waals surface area contributed by atoms with Crippen molar-refractivity contribution in [3.63, 3.8) is 0 Å². The lowest BCUT2D eigenvalue weighted by atomic mass is 10.0. The average Bonchev–Trinajstić information content (AvgIpc) is 0.940. The van der Waals surface area contributed by atoms with E-state index >= 15 is 0 Å². The summed E-state index contributed by atoms with van der Waals surface area (Å²) in [4.78, 5) is 73.3. The smallest absolute Gasteiger partial charge is 0.462 e. The highest BCUT2D eigenvalue weighted by Gasteiger charge is 2.30. The fourth-order valence-electron chi connectivity index (χ4n) is 13.5. The first-order chi connectivity index (χ1) is 51.0. The van der Waals surface area contributed by atoms with E-state index in [-0.39, 0.29) is 25.7 Å². The zero-order valence-electron chi connectivity index (χ0n) is 68.9. The highest BCUT2D eigenvalue weighted by molar-refractivity contribution is 7.47. The summed E-state index contributed by atoms with van der Waals surface area (Å²) in [5, 5.41) is 10.7. The quantitative estimate of drug-likeness (QED) is 0.0222. The lowest BCUT2D eigenvalue weighted by Gasteiger charge is -2.21. The molecule has 0 fully saturated rings. The molecule has 5 atom stereocenters. The molecule has 0 bridgehead atoms. The number of phosphoric acid groups is 2. The van der Waals surface area contributed by atoms with E-state index in [4.69, 9.17) is 37.0 Å². The monoisotopic (exact) mass is 1540 g/mol. The lowest BCUT2D eigenvalue weighted by Crippen LogP contribution is -2.30. The van der Waals surface area contributed by atoms with Crippen molar-refractivity contribution in [3.05, 3.63) is 0 Å². The number of aliphatic hydroxyl groups excluding tert-OH is 1. The third-order valence-corrected chi connectivity index (χ3v) is 22.2. The molecule has 0 saturated heterocycles. The van der Waals surface area contributed by atoms with E-state index in [1.807, 2.05) is 0 Å². The Balaban J connectivity index is 5.26. The van der Waals surface area contributed by atoms with Crippen LogP contribution in [0.15, 0.2) is 0 Å². The van der Waals surface area contributed by atoms with Gasteiger partial charge in [0.15, 0.2) is 12.2 Å². The van der Waals surface area contributed by atoms with Gasteiger partial charge in [-0.05, 0) is 31.6 Å². The van der Waals surface area contributed by atoms with Crippen molar-refractivity contribution in [1.29, 1.82) is 0 Å². The molecule has 0 amide bonds. The largest absolute Gasteiger partial charge is 0.472 e. The number of ether oxygens (including phenoxy) is 4. The van der Waals surface area contributed by atoms with E-state index in [2.05, 4.69) is 34.6 Å². The van der Waals surface area contributed by atoms with E-state index < -0.39 is 97.5 Å². The SMILES string of the molecule is CCCCCCCCCCCCCCCCCCCCC(=O)OC[C@H](COP(=O)(O)OC[C@@H](O)COP(=O)(O)OC[C@@H](COC(=O)CCCCCCCCCCCCCCC)OC(=O)CCCCCCCCCCCCCCCCCC)OC(=O)CCCCCCCCCCCCCCCCCC(C)C. The summed E-state index contributed by atoms with van der Waals surface area (Å²) in [7, 11) is -9.93. The maximum Gasteiger partial charge on any atom is 0.472 e. The highest BCUT2D eigenvalue weighted by Crippen LogP contribution is 2.45. The predicted molar refractivity (Wildman–Crippen MR) is 432 cm³/mol. The number of hydrogen-bond donors (Lipinski definition) is 3. The van der Waals surface area contributed by atoms with E-state index in [1.165, 1.54) is 289 Å². The Morgan fingerprint density at radius 2 is 0.438 bits per heavy atom. The number of phosphoric ester groups is 2. The van der Waals surface area contributed by atoms with E-state index in [0.29, 0.717) is 25.7 Å². The Kier molecular flexibility index (Phi) is 77.3. The third-order valence-electron chi connectivity index (χ3n) is 20.3. The van der Waals surface area contributed by atoms with Crippen LogP contribution in [0.3, 0.4) is 0 Å². The van der Waals surface area contributed by atoms with Crippen LogP contribution in [0.4, 0.5) is 0 Å². The maximum atomic E-state index is 13.1. The van der Waals surface area contributed by atoms with Crippen molar-refractivity contribution in [1.82, 2.24) is 0 Å². The Hall–Kier alpha value is -1.94. The van der Waals surface area contributed by atoms with Crippen molar-refractivity contribution in [2.75, 3.05) is 39.6 Å². The van der Waals surface area contributed by atoms with Gasteiger partial charge in [0.2, 0.25) is 0 Å². The summed E-state index contributed by atoms with van der Waals surface area (Å²) in [6, 6.07) is 0. The number of esters is 4. The molecule has 0 aliphatic heterocycles. The first kappa shape index (κ1) is 103. The van der Waals surface area contributed by atoms with Crippen LogP contribution in [0, 0.1) is 5.92 Å². The Morgan fingerprint density at radius 1 is 0.257 bits per heavy atom. The number of carbonyl (C=O) groups is 4. The molecule has 0 aliphatic carbocycles. The predicted octanol–water partition coefficient (Wildman–Crippen LogP) is 26.4. The van der Waals surface area contributed by atoms with Gasteiger partial charge in [-0.25, -0.2) is 9.13 Å². The van der Waals surface area contributed by atoms with Gasteiger partial charge >= 0.3 is 39.5 Å². The van der Waals surface area contributed by atoms with Gasteiger partial charge < -0.3 is 33.8 Å². The minimum absolute atomic E-state index is 0.109. The summed E-state index contributed by atoms with van der Waals surface area (Å²) in [5.41, 5.74) is 0. The van der Waals surface area contributed by atoms with Gasteiger partial charge in [0.25, 0.3) is 0 Å². The molecular formula is C86H168O17P2. The third kappa shape index (κ3) is 79.9. The minimum atomic E-state index is -4.97. The molecule has 19 heteroatoms. The van der Waals surface area contributed by atoms with Gasteiger partial charge in [0.1, 0.15) is 19.3 Å². The van der Waals surface area contributed by atoms with Crippen molar-refractivity contribution >= 4 is 39.5 Å². The fourth-order valence-corrected chi connectivity index (χ4v) is 15.1. The molecule has 0 rings (SSSR count). The Morgan fingerprint density at radius 3 is 0.648 bits per heavy atom. The molecule has 105 heavy (non-hydrogen) atoms. The maximum absolute atomic E-state index is 13.1. The highest BCUT2D eigenvalue weighted by atomic mass is 31.2. The van der Waals surface area contributed by atoms with E-state index in [9.17, 15) is 43.2 Å². The lowest BCUT2D eigenvalue weighted by molar-refractivity contribution is -0.161. The summed E-state index contributed by atoms with van der Waals surface area (Å²) < 4.78 is 69.0. The van der Waals surface area contributed by atoms with Crippen LogP contribution in [-0.2, 0) is 65.4 Å². The first-order valence-corrected chi connectivity index (χ1v) is 47.6. The normalized spacial score (nSPS) is 13.8. The number of unbranched alkanes of at least 4 members (excludes halogenated alkanes) is 58. The van der Waals surface area contributed by atoms with Gasteiger partial charge in [-0.3, -0.25) is 37.3 Å². The van der Waals surface area contributed by atoms with Gasteiger partial charge in [0.05, 0.1) is 26.4 Å². The molecule has 17 nitrogen and oxygen atoms in total. The summed E-state index contributed by atoms with van der Waals surface area (Å²) in [5.74, 6) is -1.29. The van der Waals surface area contributed by atoms with Crippen LogP contribution >= 0.6 is 15.6 Å². The second-order valence-electron chi connectivity index (χ2n) is 31.4. The molecule has 0 aromatic heterocycles. The molecule has 0 radical (unpaired) electrons. The van der Waals surface area contributed by atoms with Crippen LogP contribution in [0.1, 0.15) is 465 Å². The minimum Gasteiger partial charge on any atom is -0.462 e. The zero-order chi connectivity index (χ0) is 76.9. The van der Waals surface area contributed by atoms with Crippen LogP contribution < -0.4 is 0 Å². The van der Waals surface area contributed by atoms with Crippen LogP contribution in [0.2, 0.25) is 0 Å². The van der Waals surface area contributed by atoms with Gasteiger partial charge in [0, 0.05) is 25.7 Å². The molecule has 0 heterocycles. The number of aliphatic hydroxyl groups is 1. The molecule has 0 aliphatic rings. The second kappa shape index (κ2) is 78.7. The summed E-state index contributed by atoms with van der Waals surface area (Å²) in [6.07, 6.45) is 72.0. The van der Waals surface area contributed by atoms with Gasteiger partial charge in [-0.2, -0.15) is 0 Å². The molecule has 2 unspecified atom stereocenters. The molecule has 3 N–H and O–H groups in total. The second-order valence-corrected chi connectivity index (χ2v) is 34.3. The van der Waals surface area contributed by atoms with Crippen LogP contribution in [-0.4, -0.2) is 96.7 Å². The summed E-state index contributed by atoms with van der Waals surface area (Å²) in [6.45, 7) is 7.40. The molecule has 0 spiro atoms. The van der Waals surface area contributed by atoms with E-state index in [0.717, 1.165) is 95.8 Å². The van der Waals surface area contributed by atoms with Crippen molar-refractivity contribution in [2.45, 2.75) is 483 Å². The first-order valence-electron chi connectivity index (χ1n) is 44.6. The number of rotatable bonds is 86. The summed E-state index contributed by atoms with van der Waals surface area (Å²) >= 11 is 0. The topological polar surface area (TPSA) is 237 Å². The van der Waals surface area contributed by atoms with Gasteiger partial charge in [-0.15, -0.1) is 0 Å². The number of hydrogen-bond acceptors (Lipinski definition) is 15. The Labute approximate surface area is 645 Å². The van der Waals surface area contributed by atoms with Crippen molar-refractivity contribution in [3.8, 4) is 0 Å². The molecular weight excluding hydrogens is 1370 g/mol. The molecule has 0 aromatic carbocycles. The van der Waals surface area contributed by atoms with Crippen molar-refractivity contribution < 1.29 is 80.2 Å².